The van der Waals surface area contributed by atoms with Gasteiger partial charge in [0.25, 0.3) is 0 Å². The van der Waals surface area contributed by atoms with E-state index in [1.54, 1.807) is 18.4 Å². The lowest BCUT2D eigenvalue weighted by Gasteiger charge is -2.04. The highest BCUT2D eigenvalue weighted by atomic mass is 32.2. The van der Waals surface area contributed by atoms with Crippen LogP contribution in [0.3, 0.4) is 0 Å². The van der Waals surface area contributed by atoms with E-state index in [1.807, 2.05) is 12.1 Å². The van der Waals surface area contributed by atoms with Crippen molar-refractivity contribution >= 4 is 16.5 Å². The fourth-order valence-electron chi connectivity index (χ4n) is 1.04. The first-order valence-electron chi connectivity index (χ1n) is 4.26. The van der Waals surface area contributed by atoms with Gasteiger partial charge in [-0.05, 0) is 18.2 Å². The molecule has 0 aliphatic heterocycles. The lowest BCUT2D eigenvalue weighted by atomic mass is 10.2. The Morgan fingerprint density at radius 3 is 3.00 bits per heavy atom. The number of nitriles is 1. The minimum absolute atomic E-state index is 0.622. The second-order valence-electron chi connectivity index (χ2n) is 2.90. The highest BCUT2D eigenvalue weighted by Gasteiger charge is 1.95. The molecule has 74 valence electrons. The van der Waals surface area contributed by atoms with Crippen molar-refractivity contribution in [3.05, 3.63) is 29.8 Å². The van der Waals surface area contributed by atoms with Crippen LogP contribution in [-0.2, 0) is 10.8 Å². The van der Waals surface area contributed by atoms with Crippen molar-refractivity contribution < 1.29 is 4.21 Å². The molecule has 1 N–H and O–H groups in total. The molecule has 0 aliphatic rings. The van der Waals surface area contributed by atoms with Crippen molar-refractivity contribution in [1.82, 2.24) is 0 Å². The Morgan fingerprint density at radius 2 is 2.36 bits per heavy atom. The number of nitrogens with one attached hydrogen (secondary N) is 1. The Bertz CT molecular complexity index is 371. The normalized spacial score (nSPS) is 11.7. The van der Waals surface area contributed by atoms with Crippen LogP contribution < -0.4 is 5.32 Å². The summed E-state index contributed by atoms with van der Waals surface area (Å²) in [7, 11) is -0.774. The fraction of sp³-hybridized carbons (Fsp3) is 0.300. The molecule has 0 aliphatic carbocycles. The molecule has 1 rings (SSSR count). The standard InChI is InChI=1S/C10H12N2OS/c1-14(13)6-5-12-10-4-2-3-9(7-10)8-11/h2-4,7,12H,5-6H2,1H3. The van der Waals surface area contributed by atoms with Crippen LogP contribution in [0.1, 0.15) is 5.56 Å². The average molecular weight is 208 g/mol. The Labute approximate surface area is 86.2 Å². The van der Waals surface area contributed by atoms with E-state index in [0.717, 1.165) is 5.69 Å². The molecule has 0 spiro atoms. The maximum atomic E-state index is 10.8. The van der Waals surface area contributed by atoms with Gasteiger partial charge in [-0.2, -0.15) is 5.26 Å². The number of benzene rings is 1. The predicted octanol–water partition coefficient (Wildman–Crippen LogP) is 1.35. The lowest BCUT2D eigenvalue weighted by molar-refractivity contribution is 0.687. The van der Waals surface area contributed by atoms with E-state index in [2.05, 4.69) is 11.4 Å². The Morgan fingerprint density at radius 1 is 1.57 bits per heavy atom. The molecule has 1 unspecified atom stereocenters. The molecule has 1 aromatic carbocycles. The first kappa shape index (κ1) is 10.7. The van der Waals surface area contributed by atoms with Crippen LogP contribution in [-0.4, -0.2) is 22.8 Å². The summed E-state index contributed by atoms with van der Waals surface area (Å²) in [5, 5.41) is 11.8. The lowest BCUT2D eigenvalue weighted by Crippen LogP contribution is -2.09. The zero-order chi connectivity index (χ0) is 10.4. The number of hydrogen-bond acceptors (Lipinski definition) is 3. The highest BCUT2D eigenvalue weighted by molar-refractivity contribution is 7.84. The van der Waals surface area contributed by atoms with Gasteiger partial charge in [-0.3, -0.25) is 4.21 Å². The summed E-state index contributed by atoms with van der Waals surface area (Å²) in [6.45, 7) is 0.665. The minimum atomic E-state index is -0.774. The molecule has 0 heterocycles. The van der Waals surface area contributed by atoms with E-state index in [4.69, 9.17) is 5.26 Å². The first-order chi connectivity index (χ1) is 6.72. The topological polar surface area (TPSA) is 52.9 Å². The van der Waals surface area contributed by atoms with Gasteiger partial charge in [0, 0.05) is 35.0 Å². The zero-order valence-electron chi connectivity index (χ0n) is 7.99. The summed E-state index contributed by atoms with van der Waals surface area (Å²) < 4.78 is 10.8. The van der Waals surface area contributed by atoms with Crippen LogP contribution >= 0.6 is 0 Å². The van der Waals surface area contributed by atoms with E-state index < -0.39 is 10.8 Å². The number of hydrogen-bond donors (Lipinski definition) is 1. The monoisotopic (exact) mass is 208 g/mol. The summed E-state index contributed by atoms with van der Waals surface area (Å²) in [5.74, 6) is 0.622. The molecule has 0 radical (unpaired) electrons. The van der Waals surface area contributed by atoms with Gasteiger partial charge in [0.05, 0.1) is 11.6 Å². The first-order valence-corrected chi connectivity index (χ1v) is 5.99. The van der Waals surface area contributed by atoms with Crippen LogP contribution in [0, 0.1) is 11.3 Å². The zero-order valence-corrected chi connectivity index (χ0v) is 8.80. The molecule has 1 aromatic rings. The van der Waals surface area contributed by atoms with Crippen molar-refractivity contribution in [3.63, 3.8) is 0 Å². The van der Waals surface area contributed by atoms with Gasteiger partial charge in [-0.15, -0.1) is 0 Å². The SMILES string of the molecule is CS(=O)CCNc1cccc(C#N)c1. The molecule has 0 fully saturated rings. The predicted molar refractivity (Wildman–Crippen MR) is 58.6 cm³/mol. The molecule has 3 nitrogen and oxygen atoms in total. The molecular weight excluding hydrogens is 196 g/mol. The third-order valence-corrected chi connectivity index (χ3v) is 2.49. The molecule has 0 amide bonds. The van der Waals surface area contributed by atoms with Crippen molar-refractivity contribution in [2.45, 2.75) is 0 Å². The molecule has 0 saturated carbocycles. The number of rotatable bonds is 4. The van der Waals surface area contributed by atoms with Gasteiger partial charge in [-0.25, -0.2) is 0 Å². The Hall–Kier alpha value is -1.34. The largest absolute Gasteiger partial charge is 0.384 e. The van der Waals surface area contributed by atoms with Crippen LogP contribution in [0.4, 0.5) is 5.69 Å². The Balaban J connectivity index is 2.51. The maximum absolute atomic E-state index is 10.8. The summed E-state index contributed by atoms with van der Waals surface area (Å²) in [6.07, 6.45) is 1.67. The van der Waals surface area contributed by atoms with Crippen LogP contribution in [0.15, 0.2) is 24.3 Å². The molecule has 0 bridgehead atoms. The van der Waals surface area contributed by atoms with Crippen molar-refractivity contribution in [2.75, 3.05) is 23.9 Å². The average Bonchev–Trinajstić information content (AvgIpc) is 2.18. The smallest absolute Gasteiger partial charge is 0.0992 e. The van der Waals surface area contributed by atoms with Gasteiger partial charge in [0.1, 0.15) is 0 Å². The summed E-state index contributed by atoms with van der Waals surface area (Å²) >= 11 is 0. The van der Waals surface area contributed by atoms with Gasteiger partial charge >= 0.3 is 0 Å². The van der Waals surface area contributed by atoms with E-state index in [1.165, 1.54) is 0 Å². The Kier molecular flexibility index (Phi) is 4.14. The molecule has 4 heteroatoms. The van der Waals surface area contributed by atoms with Gasteiger partial charge < -0.3 is 5.32 Å². The number of anilines is 1. The van der Waals surface area contributed by atoms with Gasteiger partial charge in [0.2, 0.25) is 0 Å². The third kappa shape index (κ3) is 3.58. The van der Waals surface area contributed by atoms with Crippen LogP contribution in [0.25, 0.3) is 0 Å². The summed E-state index contributed by atoms with van der Waals surface area (Å²) in [5.41, 5.74) is 1.53. The van der Waals surface area contributed by atoms with E-state index in [9.17, 15) is 4.21 Å². The fourth-order valence-corrected chi connectivity index (χ4v) is 1.43. The molecule has 0 aromatic heterocycles. The van der Waals surface area contributed by atoms with Crippen molar-refractivity contribution in [1.29, 1.82) is 5.26 Å². The molecule has 14 heavy (non-hydrogen) atoms. The maximum Gasteiger partial charge on any atom is 0.0992 e. The minimum Gasteiger partial charge on any atom is -0.384 e. The summed E-state index contributed by atoms with van der Waals surface area (Å²) in [4.78, 5) is 0. The number of nitrogens with zero attached hydrogens (tertiary/aromatic N) is 1. The quantitative estimate of drug-likeness (QED) is 0.812. The second kappa shape index (κ2) is 5.40. The van der Waals surface area contributed by atoms with Crippen molar-refractivity contribution in [2.24, 2.45) is 0 Å². The molecule has 1 atom stereocenters. The van der Waals surface area contributed by atoms with Crippen LogP contribution in [0.5, 0.6) is 0 Å². The van der Waals surface area contributed by atoms with Gasteiger partial charge in [-0.1, -0.05) is 6.07 Å². The van der Waals surface area contributed by atoms with Gasteiger partial charge in [0.15, 0.2) is 0 Å². The van der Waals surface area contributed by atoms with E-state index >= 15 is 0 Å². The second-order valence-corrected chi connectivity index (χ2v) is 4.45. The van der Waals surface area contributed by atoms with Crippen molar-refractivity contribution in [3.8, 4) is 6.07 Å². The van der Waals surface area contributed by atoms with E-state index in [-0.39, 0.29) is 0 Å². The van der Waals surface area contributed by atoms with E-state index in [0.29, 0.717) is 17.9 Å². The third-order valence-electron chi connectivity index (χ3n) is 1.71. The molecule has 0 saturated heterocycles. The summed E-state index contributed by atoms with van der Waals surface area (Å²) in [6, 6.07) is 9.31. The molecular formula is C10H12N2OS. The highest BCUT2D eigenvalue weighted by Crippen LogP contribution is 2.08. The van der Waals surface area contributed by atoms with Crippen LogP contribution in [0.2, 0.25) is 0 Å².